The minimum Gasteiger partial charge on any atom is -0.370 e. The molecule has 1 aliphatic heterocycles. The van der Waals surface area contributed by atoms with E-state index in [1.54, 1.807) is 0 Å². The van der Waals surface area contributed by atoms with Crippen LogP contribution in [0.1, 0.15) is 37.9 Å². The van der Waals surface area contributed by atoms with E-state index in [0.29, 0.717) is 26.1 Å². The van der Waals surface area contributed by atoms with E-state index in [1.807, 2.05) is 30.0 Å². The van der Waals surface area contributed by atoms with E-state index in [-0.39, 0.29) is 18.1 Å². The first-order valence-corrected chi connectivity index (χ1v) is 7.36. The van der Waals surface area contributed by atoms with Crippen LogP contribution in [0.15, 0.2) is 30.3 Å². The predicted octanol–water partition coefficient (Wildman–Crippen LogP) is 2.10. The maximum atomic E-state index is 12.2. The van der Waals surface area contributed by atoms with Crippen molar-refractivity contribution in [1.29, 1.82) is 0 Å². The van der Waals surface area contributed by atoms with Gasteiger partial charge in [-0.1, -0.05) is 30.3 Å². The van der Waals surface area contributed by atoms with Gasteiger partial charge in [0.1, 0.15) is 6.10 Å². The summed E-state index contributed by atoms with van der Waals surface area (Å²) in [5, 5.41) is 0. The second-order valence-corrected chi connectivity index (χ2v) is 5.48. The molecule has 1 amide bonds. The van der Waals surface area contributed by atoms with Crippen LogP contribution in [-0.4, -0.2) is 36.5 Å². The summed E-state index contributed by atoms with van der Waals surface area (Å²) in [5.41, 5.74) is 6.85. The highest BCUT2D eigenvalue weighted by molar-refractivity contribution is 5.76. The number of carbonyl (C=O) groups is 1. The minimum absolute atomic E-state index is 0.00216. The van der Waals surface area contributed by atoms with Crippen LogP contribution in [0.4, 0.5) is 0 Å². The Morgan fingerprint density at radius 3 is 2.90 bits per heavy atom. The van der Waals surface area contributed by atoms with Crippen molar-refractivity contribution in [2.75, 3.05) is 19.7 Å². The molecule has 4 nitrogen and oxygen atoms in total. The molecule has 2 unspecified atom stereocenters. The fraction of sp³-hybridized carbons (Fsp3) is 0.562. The van der Waals surface area contributed by atoms with Gasteiger partial charge in [0.25, 0.3) is 0 Å². The van der Waals surface area contributed by atoms with Gasteiger partial charge in [-0.15, -0.1) is 0 Å². The summed E-state index contributed by atoms with van der Waals surface area (Å²) in [4.78, 5) is 14.1. The average molecular weight is 276 g/mol. The lowest BCUT2D eigenvalue weighted by Gasteiger charge is -2.33. The van der Waals surface area contributed by atoms with Gasteiger partial charge < -0.3 is 15.4 Å². The highest BCUT2D eigenvalue weighted by atomic mass is 16.5. The zero-order valence-electron chi connectivity index (χ0n) is 12.1. The average Bonchev–Trinajstić information content (AvgIpc) is 2.48. The molecule has 0 spiro atoms. The van der Waals surface area contributed by atoms with Crippen LogP contribution in [0.25, 0.3) is 0 Å². The van der Waals surface area contributed by atoms with Crippen molar-refractivity contribution in [1.82, 2.24) is 4.90 Å². The summed E-state index contributed by atoms with van der Waals surface area (Å²) < 4.78 is 5.77. The van der Waals surface area contributed by atoms with Gasteiger partial charge in [-0.05, 0) is 25.3 Å². The second kappa shape index (κ2) is 7.41. The standard InChI is InChI=1S/C16H24N2O2/c1-13(17)6-5-9-16(19)18-10-11-20-15(12-18)14-7-3-2-4-8-14/h2-4,7-8,13,15H,5-6,9-12,17H2,1H3. The van der Waals surface area contributed by atoms with Gasteiger partial charge in [0.2, 0.25) is 5.91 Å². The van der Waals surface area contributed by atoms with Crippen LogP contribution in [-0.2, 0) is 9.53 Å². The number of nitrogens with zero attached hydrogens (tertiary/aromatic N) is 1. The highest BCUT2D eigenvalue weighted by Crippen LogP contribution is 2.22. The van der Waals surface area contributed by atoms with Crippen LogP contribution in [0, 0.1) is 0 Å². The summed E-state index contributed by atoms with van der Waals surface area (Å²) in [6, 6.07) is 10.3. The minimum atomic E-state index is 0.00216. The van der Waals surface area contributed by atoms with E-state index in [4.69, 9.17) is 10.5 Å². The quantitative estimate of drug-likeness (QED) is 0.896. The Morgan fingerprint density at radius 2 is 2.20 bits per heavy atom. The Labute approximate surface area is 120 Å². The Bertz CT molecular complexity index is 420. The van der Waals surface area contributed by atoms with Crippen molar-refractivity contribution in [2.45, 2.75) is 38.3 Å². The van der Waals surface area contributed by atoms with Crippen molar-refractivity contribution in [2.24, 2.45) is 5.73 Å². The topological polar surface area (TPSA) is 55.6 Å². The van der Waals surface area contributed by atoms with Crippen molar-refractivity contribution in [3.8, 4) is 0 Å². The summed E-state index contributed by atoms with van der Waals surface area (Å²) >= 11 is 0. The molecule has 1 aromatic rings. The summed E-state index contributed by atoms with van der Waals surface area (Å²) in [7, 11) is 0. The predicted molar refractivity (Wildman–Crippen MR) is 79.2 cm³/mol. The van der Waals surface area contributed by atoms with Gasteiger partial charge in [0, 0.05) is 19.0 Å². The van der Waals surface area contributed by atoms with E-state index >= 15 is 0 Å². The zero-order valence-corrected chi connectivity index (χ0v) is 12.1. The number of amides is 1. The fourth-order valence-electron chi connectivity index (χ4n) is 2.48. The van der Waals surface area contributed by atoms with Crippen LogP contribution in [0.3, 0.4) is 0 Å². The van der Waals surface area contributed by atoms with Gasteiger partial charge in [-0.2, -0.15) is 0 Å². The van der Waals surface area contributed by atoms with Crippen molar-refractivity contribution >= 4 is 5.91 Å². The molecule has 2 atom stereocenters. The number of benzene rings is 1. The van der Waals surface area contributed by atoms with Crippen molar-refractivity contribution in [3.63, 3.8) is 0 Å². The lowest BCUT2D eigenvalue weighted by molar-refractivity contribution is -0.139. The third-order valence-corrected chi connectivity index (χ3v) is 3.64. The molecule has 4 heteroatoms. The normalized spacial score (nSPS) is 20.7. The number of carbonyl (C=O) groups excluding carboxylic acids is 1. The number of hydrogen-bond donors (Lipinski definition) is 1. The summed E-state index contributed by atoms with van der Waals surface area (Å²) in [6.07, 6.45) is 2.35. The molecule has 0 saturated carbocycles. The number of rotatable bonds is 5. The first kappa shape index (κ1) is 15.0. The molecule has 1 saturated heterocycles. The monoisotopic (exact) mass is 276 g/mol. The molecule has 20 heavy (non-hydrogen) atoms. The number of hydrogen-bond acceptors (Lipinski definition) is 3. The second-order valence-electron chi connectivity index (χ2n) is 5.48. The molecule has 1 aliphatic rings. The lowest BCUT2D eigenvalue weighted by atomic mass is 10.1. The Morgan fingerprint density at radius 1 is 1.45 bits per heavy atom. The first-order valence-electron chi connectivity index (χ1n) is 7.36. The third-order valence-electron chi connectivity index (χ3n) is 3.64. The Kier molecular flexibility index (Phi) is 5.56. The zero-order chi connectivity index (χ0) is 14.4. The molecule has 110 valence electrons. The fourth-order valence-corrected chi connectivity index (χ4v) is 2.48. The van der Waals surface area contributed by atoms with E-state index in [9.17, 15) is 4.79 Å². The molecule has 1 heterocycles. The maximum Gasteiger partial charge on any atom is 0.222 e. The highest BCUT2D eigenvalue weighted by Gasteiger charge is 2.24. The first-order chi connectivity index (χ1) is 9.66. The van der Waals surface area contributed by atoms with E-state index in [0.717, 1.165) is 18.4 Å². The van der Waals surface area contributed by atoms with Crippen molar-refractivity contribution in [3.05, 3.63) is 35.9 Å². The van der Waals surface area contributed by atoms with Gasteiger partial charge in [0.05, 0.1) is 13.2 Å². The SMILES string of the molecule is CC(N)CCCC(=O)N1CCOC(c2ccccc2)C1. The van der Waals surface area contributed by atoms with Gasteiger partial charge in [-0.25, -0.2) is 0 Å². The van der Waals surface area contributed by atoms with E-state index < -0.39 is 0 Å². The van der Waals surface area contributed by atoms with E-state index in [2.05, 4.69) is 12.1 Å². The summed E-state index contributed by atoms with van der Waals surface area (Å²) in [5.74, 6) is 0.217. The lowest BCUT2D eigenvalue weighted by Crippen LogP contribution is -2.42. The Hall–Kier alpha value is -1.39. The van der Waals surface area contributed by atoms with Crippen LogP contribution >= 0.6 is 0 Å². The largest absolute Gasteiger partial charge is 0.370 e. The van der Waals surface area contributed by atoms with Gasteiger partial charge >= 0.3 is 0 Å². The number of morpholine rings is 1. The summed E-state index contributed by atoms with van der Waals surface area (Å²) in [6.45, 7) is 3.94. The van der Waals surface area contributed by atoms with Crippen LogP contribution in [0.2, 0.25) is 0 Å². The molecule has 1 fully saturated rings. The van der Waals surface area contributed by atoms with Crippen molar-refractivity contribution < 1.29 is 9.53 Å². The molecule has 2 N–H and O–H groups in total. The molecule has 2 rings (SSSR count). The number of ether oxygens (including phenoxy) is 1. The third kappa shape index (κ3) is 4.32. The molecule has 0 bridgehead atoms. The Balaban J connectivity index is 1.85. The van der Waals surface area contributed by atoms with Gasteiger partial charge in [-0.3, -0.25) is 4.79 Å². The molecular formula is C16H24N2O2. The van der Waals surface area contributed by atoms with Crippen LogP contribution in [0.5, 0.6) is 0 Å². The molecule has 0 aliphatic carbocycles. The molecule has 0 radical (unpaired) electrons. The number of nitrogens with two attached hydrogens (primary N) is 1. The molecule has 0 aromatic heterocycles. The maximum absolute atomic E-state index is 12.2. The van der Waals surface area contributed by atoms with Gasteiger partial charge in [0.15, 0.2) is 0 Å². The van der Waals surface area contributed by atoms with E-state index in [1.165, 1.54) is 0 Å². The molecule has 1 aromatic carbocycles. The smallest absolute Gasteiger partial charge is 0.222 e. The molecular weight excluding hydrogens is 252 g/mol. The van der Waals surface area contributed by atoms with Crippen LogP contribution < -0.4 is 5.73 Å².